The Morgan fingerprint density at radius 3 is 2.65 bits per heavy atom. The molecule has 1 aromatic rings. The zero-order chi connectivity index (χ0) is 17.0. The van der Waals surface area contributed by atoms with Gasteiger partial charge in [0.05, 0.1) is 30.2 Å². The lowest BCUT2D eigenvalue weighted by Gasteiger charge is -2.26. The number of furan rings is 1. The molecule has 1 atom stereocenters. The first-order valence-electron chi connectivity index (χ1n) is 7.13. The summed E-state index contributed by atoms with van der Waals surface area (Å²) in [6, 6.07) is 0.463. The number of aryl methyl sites for hydroxylation is 1. The van der Waals surface area contributed by atoms with Gasteiger partial charge in [-0.15, -0.1) is 0 Å². The molecule has 2 rings (SSSR count). The molecular formula is C15H18N2O6. The maximum Gasteiger partial charge on any atom is 0.342 e. The largest absolute Gasteiger partial charge is 0.469 e. The molecule has 0 saturated heterocycles. The Kier molecular flexibility index (Phi) is 5.05. The van der Waals surface area contributed by atoms with Gasteiger partial charge in [0.2, 0.25) is 0 Å². The van der Waals surface area contributed by atoms with Crippen molar-refractivity contribution < 1.29 is 28.3 Å². The molecule has 0 saturated carbocycles. The van der Waals surface area contributed by atoms with Gasteiger partial charge in [-0.3, -0.25) is 0 Å². The van der Waals surface area contributed by atoms with E-state index in [4.69, 9.17) is 13.9 Å². The molecule has 0 aromatic carbocycles. The molecule has 2 amide bonds. The van der Waals surface area contributed by atoms with E-state index < -0.39 is 24.0 Å². The topological polar surface area (TPSA) is 107 Å². The summed E-state index contributed by atoms with van der Waals surface area (Å²) in [4.78, 5) is 35.6. The SMILES string of the molecule is CCOC(=O)C1=C(COC(=O)c2ccoc2C)NC(=O)NC1C. The van der Waals surface area contributed by atoms with Gasteiger partial charge >= 0.3 is 18.0 Å². The minimum Gasteiger partial charge on any atom is -0.469 e. The van der Waals surface area contributed by atoms with Crippen LogP contribution in [0.4, 0.5) is 4.79 Å². The minimum absolute atomic E-state index is 0.199. The minimum atomic E-state index is -0.604. The van der Waals surface area contributed by atoms with Crippen LogP contribution in [0.15, 0.2) is 28.0 Å². The molecule has 2 N–H and O–H groups in total. The van der Waals surface area contributed by atoms with Crippen LogP contribution in [0.1, 0.15) is 30.0 Å². The van der Waals surface area contributed by atoms with Crippen molar-refractivity contribution in [2.45, 2.75) is 26.8 Å². The van der Waals surface area contributed by atoms with Gasteiger partial charge in [0.25, 0.3) is 0 Å². The van der Waals surface area contributed by atoms with Crippen LogP contribution in [0.5, 0.6) is 0 Å². The van der Waals surface area contributed by atoms with E-state index in [0.717, 1.165) is 0 Å². The number of nitrogens with one attached hydrogen (secondary N) is 2. The molecule has 124 valence electrons. The van der Waals surface area contributed by atoms with Crippen molar-refractivity contribution in [1.82, 2.24) is 10.6 Å². The number of amides is 2. The highest BCUT2D eigenvalue weighted by atomic mass is 16.5. The summed E-state index contributed by atoms with van der Waals surface area (Å²) in [5.41, 5.74) is 0.717. The van der Waals surface area contributed by atoms with E-state index in [-0.39, 0.29) is 30.0 Å². The molecular weight excluding hydrogens is 304 g/mol. The lowest BCUT2D eigenvalue weighted by molar-refractivity contribution is -0.139. The quantitative estimate of drug-likeness (QED) is 0.790. The molecule has 1 unspecified atom stereocenters. The molecule has 1 aliphatic rings. The van der Waals surface area contributed by atoms with Crippen LogP contribution in [0.25, 0.3) is 0 Å². The fraction of sp³-hybridized carbons (Fsp3) is 0.400. The first-order chi connectivity index (χ1) is 10.9. The molecule has 8 nitrogen and oxygen atoms in total. The second-order valence-electron chi connectivity index (χ2n) is 4.90. The predicted octanol–water partition coefficient (Wildman–Crippen LogP) is 1.26. The third kappa shape index (κ3) is 3.71. The summed E-state index contributed by atoms with van der Waals surface area (Å²) in [5.74, 6) is -0.747. The lowest BCUT2D eigenvalue weighted by Crippen LogP contribution is -2.50. The molecule has 0 radical (unpaired) electrons. The standard InChI is InChI=1S/C15H18N2O6/c1-4-21-14(19)12-8(2)16-15(20)17-11(12)7-23-13(18)10-5-6-22-9(10)3/h5-6,8H,4,7H2,1-3H3,(H2,16,17,20). The lowest BCUT2D eigenvalue weighted by atomic mass is 10.0. The van der Waals surface area contributed by atoms with Crippen LogP contribution < -0.4 is 10.6 Å². The number of carbonyl (C=O) groups excluding carboxylic acids is 3. The summed E-state index contributed by atoms with van der Waals surface area (Å²) < 4.78 is 15.2. The van der Waals surface area contributed by atoms with Gasteiger partial charge in [-0.1, -0.05) is 0 Å². The van der Waals surface area contributed by atoms with E-state index in [1.165, 1.54) is 12.3 Å². The third-order valence-corrected chi connectivity index (χ3v) is 3.29. The highest BCUT2D eigenvalue weighted by molar-refractivity contribution is 5.95. The van der Waals surface area contributed by atoms with E-state index in [1.54, 1.807) is 20.8 Å². The van der Waals surface area contributed by atoms with Gasteiger partial charge in [-0.25, -0.2) is 14.4 Å². The second-order valence-corrected chi connectivity index (χ2v) is 4.90. The average molecular weight is 322 g/mol. The van der Waals surface area contributed by atoms with Gasteiger partial charge < -0.3 is 24.5 Å². The van der Waals surface area contributed by atoms with Crippen LogP contribution in [0.2, 0.25) is 0 Å². The van der Waals surface area contributed by atoms with Crippen LogP contribution in [-0.2, 0) is 14.3 Å². The number of urea groups is 1. The molecule has 2 heterocycles. The number of hydrogen-bond acceptors (Lipinski definition) is 6. The summed E-state index contributed by atoms with van der Waals surface area (Å²) in [7, 11) is 0. The number of ether oxygens (including phenoxy) is 2. The van der Waals surface area contributed by atoms with E-state index in [1.807, 2.05) is 0 Å². The van der Waals surface area contributed by atoms with E-state index in [9.17, 15) is 14.4 Å². The molecule has 0 bridgehead atoms. The fourth-order valence-electron chi connectivity index (χ4n) is 2.21. The maximum absolute atomic E-state index is 12.0. The van der Waals surface area contributed by atoms with Crippen molar-refractivity contribution >= 4 is 18.0 Å². The summed E-state index contributed by atoms with van der Waals surface area (Å²) in [5, 5.41) is 5.04. The zero-order valence-corrected chi connectivity index (χ0v) is 13.1. The summed E-state index contributed by atoms with van der Waals surface area (Å²) >= 11 is 0. The Hall–Kier alpha value is -2.77. The van der Waals surface area contributed by atoms with E-state index in [0.29, 0.717) is 5.76 Å². The number of carbonyl (C=O) groups is 3. The highest BCUT2D eigenvalue weighted by Crippen LogP contribution is 2.16. The Bertz CT molecular complexity index is 661. The van der Waals surface area contributed by atoms with Gasteiger partial charge in [0.15, 0.2) is 0 Å². The van der Waals surface area contributed by atoms with Crippen LogP contribution in [0, 0.1) is 6.92 Å². The fourth-order valence-corrected chi connectivity index (χ4v) is 2.21. The van der Waals surface area contributed by atoms with Crippen molar-refractivity contribution in [1.29, 1.82) is 0 Å². The normalized spacial score (nSPS) is 17.3. The van der Waals surface area contributed by atoms with Gasteiger partial charge in [0.1, 0.15) is 17.9 Å². The first-order valence-corrected chi connectivity index (χ1v) is 7.13. The van der Waals surface area contributed by atoms with Crippen molar-refractivity contribution in [3.05, 3.63) is 34.9 Å². The molecule has 23 heavy (non-hydrogen) atoms. The first kappa shape index (κ1) is 16.6. The van der Waals surface area contributed by atoms with E-state index in [2.05, 4.69) is 10.6 Å². The molecule has 0 fully saturated rings. The Morgan fingerprint density at radius 1 is 1.30 bits per heavy atom. The zero-order valence-electron chi connectivity index (χ0n) is 13.1. The Balaban J connectivity index is 2.17. The van der Waals surface area contributed by atoms with Gasteiger partial charge in [-0.05, 0) is 26.8 Å². The molecule has 0 aliphatic carbocycles. The highest BCUT2D eigenvalue weighted by Gasteiger charge is 2.30. The summed E-state index contributed by atoms with van der Waals surface area (Å²) in [6.45, 7) is 4.90. The van der Waals surface area contributed by atoms with Crippen molar-refractivity contribution in [2.75, 3.05) is 13.2 Å². The molecule has 1 aromatic heterocycles. The van der Waals surface area contributed by atoms with Crippen LogP contribution >= 0.6 is 0 Å². The average Bonchev–Trinajstić information content (AvgIpc) is 2.90. The smallest absolute Gasteiger partial charge is 0.342 e. The number of hydrogen-bond donors (Lipinski definition) is 2. The molecule has 0 spiro atoms. The summed E-state index contributed by atoms with van der Waals surface area (Å²) in [6.07, 6.45) is 1.38. The monoisotopic (exact) mass is 322 g/mol. The Labute approximate surface area is 132 Å². The second kappa shape index (κ2) is 6.99. The predicted molar refractivity (Wildman–Crippen MR) is 78.5 cm³/mol. The van der Waals surface area contributed by atoms with Gasteiger partial charge in [0, 0.05) is 0 Å². The van der Waals surface area contributed by atoms with E-state index >= 15 is 0 Å². The maximum atomic E-state index is 12.0. The van der Waals surface area contributed by atoms with Crippen LogP contribution in [-0.4, -0.2) is 37.2 Å². The van der Waals surface area contributed by atoms with Gasteiger partial charge in [-0.2, -0.15) is 0 Å². The molecule has 1 aliphatic heterocycles. The van der Waals surface area contributed by atoms with Crippen molar-refractivity contribution in [2.24, 2.45) is 0 Å². The third-order valence-electron chi connectivity index (χ3n) is 3.29. The van der Waals surface area contributed by atoms with Crippen LogP contribution in [0.3, 0.4) is 0 Å². The molecule has 8 heteroatoms. The Morgan fingerprint density at radius 2 is 2.04 bits per heavy atom. The van der Waals surface area contributed by atoms with Crippen molar-refractivity contribution in [3.8, 4) is 0 Å². The number of esters is 2. The van der Waals surface area contributed by atoms with Crippen molar-refractivity contribution in [3.63, 3.8) is 0 Å². The number of rotatable bonds is 5.